The lowest BCUT2D eigenvalue weighted by Crippen LogP contribution is -2.46. The fraction of sp³-hybridized carbons (Fsp3) is 0.371. The first-order valence-electron chi connectivity index (χ1n) is 27.1. The average molecular weight is 1140 g/mol. The largest absolute Gasteiger partial charge is 0.501 e. The van der Waals surface area contributed by atoms with Crippen LogP contribution in [0.25, 0.3) is 11.1 Å². The van der Waals surface area contributed by atoms with Crippen LogP contribution in [0, 0.1) is 12.8 Å². The van der Waals surface area contributed by atoms with Gasteiger partial charge in [0.05, 0.1) is 35.8 Å². The first kappa shape index (κ1) is 59.1. The zero-order valence-electron chi connectivity index (χ0n) is 45.6. The molecule has 5 aromatic carbocycles. The maximum absolute atomic E-state index is 15.0. The lowest BCUT2D eigenvalue weighted by molar-refractivity contribution is -0.132. The molecule has 1 saturated carbocycles. The summed E-state index contributed by atoms with van der Waals surface area (Å²) in [4.78, 5) is 17.5. The number of aliphatic carboxylic acids is 1. The van der Waals surface area contributed by atoms with E-state index < -0.39 is 39.8 Å². The van der Waals surface area contributed by atoms with Crippen LogP contribution in [-0.2, 0) is 23.7 Å². The Morgan fingerprint density at radius 1 is 0.835 bits per heavy atom. The topological polar surface area (TPSA) is 140 Å². The number of anilines is 4. The third-order valence-corrected chi connectivity index (χ3v) is 19.9. The third kappa shape index (κ3) is 14.5. The van der Waals surface area contributed by atoms with Crippen LogP contribution in [-0.4, -0.2) is 87.3 Å². The van der Waals surface area contributed by atoms with Gasteiger partial charge >= 0.3 is 19.0 Å². The van der Waals surface area contributed by atoms with E-state index in [1.54, 1.807) is 12.1 Å². The molecule has 0 spiro atoms. The van der Waals surface area contributed by atoms with Crippen molar-refractivity contribution >= 4 is 74.3 Å². The number of carboxylic acids is 1. The summed E-state index contributed by atoms with van der Waals surface area (Å²) < 4.78 is 93.2. The number of aryl methyl sites for hydroxylation is 1. The highest BCUT2D eigenvalue weighted by atomic mass is 32.2. The number of nitrogens with zero attached hydrogens (tertiary/aromatic N) is 3. The van der Waals surface area contributed by atoms with E-state index in [1.807, 2.05) is 112 Å². The number of piperazine rings is 1. The summed E-state index contributed by atoms with van der Waals surface area (Å²) in [6.07, 6.45) is 11.0. The maximum atomic E-state index is 15.0. The Kier molecular flexibility index (Phi) is 19.5. The van der Waals surface area contributed by atoms with E-state index in [0.717, 1.165) is 70.3 Å². The summed E-state index contributed by atoms with van der Waals surface area (Å²) in [5.74, 6) is -0.341. The van der Waals surface area contributed by atoms with Crippen molar-refractivity contribution in [2.45, 2.75) is 107 Å². The number of aliphatic hydroxyl groups excluding tert-OH is 1. The molecule has 3 aliphatic rings. The van der Waals surface area contributed by atoms with Gasteiger partial charge in [-0.3, -0.25) is 9.24 Å². The third-order valence-electron chi connectivity index (χ3n) is 14.6. The molecule has 2 saturated heterocycles. The number of hydrogen-bond acceptors (Lipinski definition) is 10. The maximum Gasteiger partial charge on any atom is 0.501 e. The van der Waals surface area contributed by atoms with Crippen molar-refractivity contribution in [2.75, 3.05) is 64.9 Å². The molecule has 0 bridgehead atoms. The van der Waals surface area contributed by atoms with Crippen LogP contribution in [0.3, 0.4) is 0 Å². The number of rotatable bonds is 19. The summed E-state index contributed by atoms with van der Waals surface area (Å²) in [5, 5.41) is 23.8. The molecule has 1 aliphatic carbocycles. The Balaban J connectivity index is 1.01. The van der Waals surface area contributed by atoms with E-state index >= 15 is 4.57 Å². The van der Waals surface area contributed by atoms with Gasteiger partial charge in [0, 0.05) is 65.5 Å². The number of carbonyl (C=O) groups is 1. The Bertz CT molecular complexity index is 3230. The number of benzene rings is 5. The highest BCUT2D eigenvalue weighted by Crippen LogP contribution is 2.56. The summed E-state index contributed by atoms with van der Waals surface area (Å²) >= 11 is 1.51. The van der Waals surface area contributed by atoms with Crippen molar-refractivity contribution in [1.29, 1.82) is 0 Å². The van der Waals surface area contributed by atoms with Gasteiger partial charge in [-0.2, -0.15) is 13.2 Å². The zero-order chi connectivity index (χ0) is 56.5. The van der Waals surface area contributed by atoms with Gasteiger partial charge in [-0.05, 0) is 155 Å². The standard InChI is InChI=1S/C62H72F3N4O7PS2/c1-43(2)20-32-56(47-24-21-45(5)22-25-47)60(59(44(3)4)61(71)72)48-14-11-16-52(40-48)68-36-34-67(35-37-68)50-26-28-51(29-27-50)69-38-39-76-77(69,73)54-31-33-57(58(41-54)79(74,75)62(63,64)65)66-49(42-78-55-18-7-6-8-19-55)15-9-12-46-13-10-17-53(70)30-23-46/h6-8,11-12,14,16,18-22,24-29,31-33,40-41,43,49,53,66,70H,9-10,13,15,17,23,30,34-39,42H2,1-5H3,(H,71,72)/b32-20+,46-12-,60-56+/t49-,53?,77-/m1/s1. The second-order valence-electron chi connectivity index (χ2n) is 21.1. The number of alkyl halides is 3. The number of thioether (sulfide) groups is 1. The number of allylic oxidation sites excluding steroid dienone is 6. The van der Waals surface area contributed by atoms with E-state index in [-0.39, 0.29) is 41.7 Å². The second-order valence-corrected chi connectivity index (χ2v) is 26.4. The van der Waals surface area contributed by atoms with Crippen molar-refractivity contribution in [3.63, 3.8) is 0 Å². The Morgan fingerprint density at radius 2 is 1.52 bits per heavy atom. The fourth-order valence-electron chi connectivity index (χ4n) is 10.4. The smallest absolute Gasteiger partial charge is 0.478 e. The van der Waals surface area contributed by atoms with Crippen LogP contribution in [0.5, 0.6) is 0 Å². The normalized spacial score (nSPS) is 19.6. The first-order chi connectivity index (χ1) is 37.7. The van der Waals surface area contributed by atoms with Crippen molar-refractivity contribution < 1.29 is 45.7 Å². The molecule has 420 valence electrons. The van der Waals surface area contributed by atoms with Crippen LogP contribution in [0.15, 0.2) is 166 Å². The fourth-order valence-corrected chi connectivity index (χ4v) is 14.6. The number of halogens is 3. The molecule has 3 N–H and O–H groups in total. The van der Waals surface area contributed by atoms with Crippen molar-refractivity contribution in [3.05, 3.63) is 173 Å². The molecular formula is C62H72F3N4O7PS2. The van der Waals surface area contributed by atoms with Crippen molar-refractivity contribution in [2.24, 2.45) is 5.92 Å². The minimum Gasteiger partial charge on any atom is -0.478 e. The molecule has 0 amide bonds. The molecule has 0 aromatic heterocycles. The number of hydrogen-bond donors (Lipinski definition) is 3. The van der Waals surface area contributed by atoms with Gasteiger partial charge < -0.3 is 29.9 Å². The molecule has 2 heterocycles. The number of nitrogens with one attached hydrogen (secondary N) is 1. The Hall–Kier alpha value is -6.03. The number of sulfone groups is 1. The van der Waals surface area contributed by atoms with Gasteiger partial charge in [0.2, 0.25) is 0 Å². The summed E-state index contributed by atoms with van der Waals surface area (Å²) in [5.41, 5.74) is 2.95. The SMILES string of the molecule is CC(C)=C(C(=O)O)/C(=C(\C=C\C(C)C)c1ccc(C)cc1)c1cccc(N2CCN(c3ccc(N4CCO[P@]4(=O)c4ccc(N[C@H](CC/C=C5/CCCC(O)CC5)CSc5ccccc5)c(S(=O)(=O)C(F)(F)F)c4)cc3)CC2)c1. The van der Waals surface area contributed by atoms with E-state index in [1.165, 1.54) is 34.1 Å². The predicted octanol–water partition coefficient (Wildman–Crippen LogP) is 14.1. The number of carboxylic acid groups (broad SMARTS) is 1. The zero-order valence-corrected chi connectivity index (χ0v) is 48.1. The Morgan fingerprint density at radius 3 is 2.18 bits per heavy atom. The monoisotopic (exact) mass is 1140 g/mol. The van der Waals surface area contributed by atoms with Crippen molar-refractivity contribution in [3.8, 4) is 0 Å². The van der Waals surface area contributed by atoms with Crippen molar-refractivity contribution in [1.82, 2.24) is 0 Å². The average Bonchev–Trinajstić information content (AvgIpc) is 3.78. The van der Waals surface area contributed by atoms with Crippen LogP contribution in [0.4, 0.5) is 35.9 Å². The lowest BCUT2D eigenvalue weighted by atomic mass is 9.86. The van der Waals surface area contributed by atoms with E-state index in [0.29, 0.717) is 68.0 Å². The first-order valence-corrected chi connectivity index (χ1v) is 31.2. The van der Waals surface area contributed by atoms with Gasteiger partial charge in [-0.25, -0.2) is 13.2 Å². The quantitative estimate of drug-likeness (QED) is 0.0138. The molecule has 17 heteroatoms. The minimum absolute atomic E-state index is 0.00193. The van der Waals surface area contributed by atoms with Crippen LogP contribution >= 0.6 is 19.3 Å². The predicted molar refractivity (Wildman–Crippen MR) is 316 cm³/mol. The molecule has 11 nitrogen and oxygen atoms in total. The molecule has 79 heavy (non-hydrogen) atoms. The lowest BCUT2D eigenvalue weighted by Gasteiger charge is -2.37. The summed E-state index contributed by atoms with van der Waals surface area (Å²) in [6.45, 7) is 12.7. The van der Waals surface area contributed by atoms with Gasteiger partial charge in [-0.1, -0.05) is 103 Å². The Labute approximate surface area is 468 Å². The van der Waals surface area contributed by atoms with Gasteiger partial charge in [0.25, 0.3) is 9.84 Å². The van der Waals surface area contributed by atoms with Crippen LogP contribution in [0.2, 0.25) is 0 Å². The molecule has 5 aromatic rings. The second kappa shape index (κ2) is 26.0. The summed E-state index contributed by atoms with van der Waals surface area (Å²) in [7, 11) is -10.1. The molecule has 2 aliphatic heterocycles. The highest BCUT2D eigenvalue weighted by Gasteiger charge is 2.49. The van der Waals surface area contributed by atoms with Gasteiger partial charge in [-0.15, -0.1) is 11.8 Å². The molecular weight excluding hydrogens is 1060 g/mol. The molecule has 3 fully saturated rings. The molecule has 8 rings (SSSR count). The number of aliphatic hydroxyl groups is 1. The minimum atomic E-state index is -5.94. The van der Waals surface area contributed by atoms with Crippen LogP contribution < -0.4 is 25.1 Å². The summed E-state index contributed by atoms with van der Waals surface area (Å²) in [6, 6.07) is 36.3. The van der Waals surface area contributed by atoms with Gasteiger partial charge in [0.15, 0.2) is 0 Å². The van der Waals surface area contributed by atoms with E-state index in [2.05, 4.69) is 47.2 Å². The molecule has 0 radical (unpaired) electrons. The van der Waals surface area contributed by atoms with E-state index in [4.69, 9.17) is 4.52 Å². The highest BCUT2D eigenvalue weighted by molar-refractivity contribution is 7.99. The van der Waals surface area contributed by atoms with Gasteiger partial charge in [0.1, 0.15) is 4.90 Å². The molecule has 1 unspecified atom stereocenters. The molecule has 3 atom stereocenters. The van der Waals surface area contributed by atoms with E-state index in [9.17, 15) is 36.6 Å². The van der Waals surface area contributed by atoms with Crippen LogP contribution in [0.1, 0.15) is 89.3 Å².